The van der Waals surface area contributed by atoms with E-state index in [-0.39, 0.29) is 11.5 Å². The summed E-state index contributed by atoms with van der Waals surface area (Å²) in [7, 11) is -1.25. The summed E-state index contributed by atoms with van der Waals surface area (Å²) in [5.74, 6) is 0.366. The smallest absolute Gasteiger partial charge is 0.318 e. The predicted molar refractivity (Wildman–Crippen MR) is 52.1 cm³/mol. The minimum atomic E-state index is -1.25. The Morgan fingerprint density at radius 2 is 2.43 bits per heavy atom. The first-order valence-corrected chi connectivity index (χ1v) is 5.74. The van der Waals surface area contributed by atoms with Gasteiger partial charge in [-0.3, -0.25) is 9.00 Å². The Kier molecular flexibility index (Phi) is 4.39. The van der Waals surface area contributed by atoms with E-state index >= 15 is 0 Å². The molecule has 14 heavy (non-hydrogen) atoms. The fourth-order valence-electron chi connectivity index (χ4n) is 0.939. The zero-order valence-electron chi connectivity index (χ0n) is 7.89. The number of ether oxygens (including phenoxy) is 1. The van der Waals surface area contributed by atoms with Crippen LogP contribution in [0.2, 0.25) is 0 Å². The summed E-state index contributed by atoms with van der Waals surface area (Å²) in [4.78, 5) is 10.9. The van der Waals surface area contributed by atoms with E-state index in [2.05, 4.69) is 4.74 Å². The molecule has 5 heteroatoms. The molecule has 1 aromatic heterocycles. The SMILES string of the molecule is CCOC(=O)CS(=O)Cc1ccco1. The second kappa shape index (κ2) is 5.59. The number of carbonyl (C=O) groups is 1. The summed E-state index contributed by atoms with van der Waals surface area (Å²) >= 11 is 0. The maximum atomic E-state index is 11.3. The molecule has 1 heterocycles. The maximum absolute atomic E-state index is 11.3. The Labute approximate surface area is 84.7 Å². The summed E-state index contributed by atoms with van der Waals surface area (Å²) in [6, 6.07) is 3.44. The van der Waals surface area contributed by atoms with Crippen molar-refractivity contribution in [3.05, 3.63) is 24.2 Å². The molecule has 4 nitrogen and oxygen atoms in total. The van der Waals surface area contributed by atoms with Crippen molar-refractivity contribution >= 4 is 16.8 Å². The summed E-state index contributed by atoms with van der Waals surface area (Å²) in [6.45, 7) is 2.03. The molecule has 0 saturated heterocycles. The minimum Gasteiger partial charge on any atom is -0.468 e. The normalized spacial score (nSPS) is 12.4. The molecule has 0 fully saturated rings. The van der Waals surface area contributed by atoms with E-state index in [0.717, 1.165) is 0 Å². The van der Waals surface area contributed by atoms with Crippen LogP contribution in [0.1, 0.15) is 12.7 Å². The van der Waals surface area contributed by atoms with Gasteiger partial charge in [0.1, 0.15) is 11.5 Å². The van der Waals surface area contributed by atoms with E-state index in [1.54, 1.807) is 19.1 Å². The molecular formula is C9H12O4S. The van der Waals surface area contributed by atoms with Crippen molar-refractivity contribution in [1.29, 1.82) is 0 Å². The quantitative estimate of drug-likeness (QED) is 0.691. The molecule has 0 saturated carbocycles. The minimum absolute atomic E-state index is 0.0749. The van der Waals surface area contributed by atoms with Crippen molar-refractivity contribution in [3.8, 4) is 0 Å². The van der Waals surface area contributed by atoms with Crippen LogP contribution in [-0.4, -0.2) is 22.5 Å². The van der Waals surface area contributed by atoms with Gasteiger partial charge in [0.15, 0.2) is 0 Å². The lowest BCUT2D eigenvalue weighted by atomic mass is 10.5. The average Bonchev–Trinajstić information content (AvgIpc) is 2.56. The van der Waals surface area contributed by atoms with E-state index < -0.39 is 16.8 Å². The zero-order valence-corrected chi connectivity index (χ0v) is 8.71. The van der Waals surface area contributed by atoms with Crippen LogP contribution in [0.5, 0.6) is 0 Å². The van der Waals surface area contributed by atoms with Crippen molar-refractivity contribution in [1.82, 2.24) is 0 Å². The Hall–Kier alpha value is -1.10. The lowest BCUT2D eigenvalue weighted by Crippen LogP contribution is -2.14. The molecule has 78 valence electrons. The molecule has 1 unspecified atom stereocenters. The highest BCUT2D eigenvalue weighted by Crippen LogP contribution is 2.04. The molecule has 1 aromatic rings. The number of rotatable bonds is 5. The molecule has 0 aliphatic carbocycles. The first-order chi connectivity index (χ1) is 6.72. The van der Waals surface area contributed by atoms with E-state index in [1.807, 2.05) is 0 Å². The van der Waals surface area contributed by atoms with Gasteiger partial charge in [-0.2, -0.15) is 0 Å². The van der Waals surface area contributed by atoms with Gasteiger partial charge in [-0.05, 0) is 19.1 Å². The summed E-state index contributed by atoms with van der Waals surface area (Å²) in [5, 5.41) is 0. The fourth-order valence-corrected chi connectivity index (χ4v) is 1.87. The lowest BCUT2D eigenvalue weighted by molar-refractivity contribution is -0.139. The second-order valence-electron chi connectivity index (χ2n) is 2.61. The molecule has 0 bridgehead atoms. The number of hydrogen-bond donors (Lipinski definition) is 0. The molecule has 1 rings (SSSR count). The highest BCUT2D eigenvalue weighted by atomic mass is 32.2. The third-order valence-corrected chi connectivity index (χ3v) is 2.63. The Morgan fingerprint density at radius 1 is 1.64 bits per heavy atom. The molecule has 0 aliphatic heterocycles. The van der Waals surface area contributed by atoms with E-state index in [9.17, 15) is 9.00 Å². The van der Waals surface area contributed by atoms with Crippen molar-refractivity contribution in [2.75, 3.05) is 12.4 Å². The molecular weight excluding hydrogens is 204 g/mol. The number of hydrogen-bond acceptors (Lipinski definition) is 4. The van der Waals surface area contributed by atoms with E-state index in [4.69, 9.17) is 4.42 Å². The molecule has 0 aliphatic rings. The number of furan rings is 1. The highest BCUT2D eigenvalue weighted by molar-refractivity contribution is 7.84. The molecule has 1 atom stereocenters. The average molecular weight is 216 g/mol. The predicted octanol–water partition coefficient (Wildman–Crippen LogP) is 1.09. The first kappa shape index (κ1) is 11.0. The second-order valence-corrected chi connectivity index (χ2v) is 4.07. The molecule has 0 spiro atoms. The van der Waals surface area contributed by atoms with Gasteiger partial charge in [0.2, 0.25) is 0 Å². The Bertz CT molecular complexity index is 305. The van der Waals surface area contributed by atoms with Gasteiger partial charge in [-0.1, -0.05) is 0 Å². The van der Waals surface area contributed by atoms with Gasteiger partial charge in [0.25, 0.3) is 0 Å². The lowest BCUT2D eigenvalue weighted by Gasteiger charge is -2.00. The van der Waals surface area contributed by atoms with E-state index in [1.165, 1.54) is 6.26 Å². The van der Waals surface area contributed by atoms with Gasteiger partial charge in [-0.15, -0.1) is 0 Å². The maximum Gasteiger partial charge on any atom is 0.318 e. The Balaban J connectivity index is 2.33. The van der Waals surface area contributed by atoms with Crippen molar-refractivity contribution in [3.63, 3.8) is 0 Å². The summed E-state index contributed by atoms with van der Waals surface area (Å²) in [6.07, 6.45) is 1.51. The van der Waals surface area contributed by atoms with Crippen LogP contribution in [0, 0.1) is 0 Å². The number of carbonyl (C=O) groups excluding carboxylic acids is 1. The first-order valence-electron chi connectivity index (χ1n) is 4.25. The van der Waals surface area contributed by atoms with Crippen LogP contribution >= 0.6 is 0 Å². The van der Waals surface area contributed by atoms with Gasteiger partial charge in [-0.25, -0.2) is 0 Å². The molecule has 0 N–H and O–H groups in total. The third kappa shape index (κ3) is 3.74. The van der Waals surface area contributed by atoms with Crippen molar-refractivity contribution in [2.24, 2.45) is 0 Å². The number of esters is 1. The molecule has 0 aromatic carbocycles. The summed E-state index contributed by atoms with van der Waals surface area (Å²) < 4.78 is 21.0. The largest absolute Gasteiger partial charge is 0.468 e. The van der Waals surface area contributed by atoms with Crippen LogP contribution in [-0.2, 0) is 26.1 Å². The van der Waals surface area contributed by atoms with Crippen LogP contribution in [0.3, 0.4) is 0 Å². The molecule has 0 amide bonds. The van der Waals surface area contributed by atoms with Crippen molar-refractivity contribution < 1.29 is 18.2 Å². The van der Waals surface area contributed by atoms with Gasteiger partial charge >= 0.3 is 5.97 Å². The van der Waals surface area contributed by atoms with Crippen LogP contribution in [0.15, 0.2) is 22.8 Å². The fraction of sp³-hybridized carbons (Fsp3) is 0.444. The Morgan fingerprint density at radius 3 is 3.00 bits per heavy atom. The molecule has 0 radical (unpaired) electrons. The zero-order chi connectivity index (χ0) is 10.4. The standard InChI is InChI=1S/C9H12O4S/c1-2-12-9(10)7-14(11)6-8-4-3-5-13-8/h3-5H,2,6-7H2,1H3. The van der Waals surface area contributed by atoms with Gasteiger partial charge in [0, 0.05) is 10.8 Å². The third-order valence-electron chi connectivity index (χ3n) is 1.47. The van der Waals surface area contributed by atoms with Gasteiger partial charge in [0.05, 0.1) is 18.6 Å². The van der Waals surface area contributed by atoms with Crippen LogP contribution in [0.4, 0.5) is 0 Å². The van der Waals surface area contributed by atoms with Gasteiger partial charge < -0.3 is 9.15 Å². The topological polar surface area (TPSA) is 56.5 Å². The summed E-state index contributed by atoms with van der Waals surface area (Å²) in [5.41, 5.74) is 0. The van der Waals surface area contributed by atoms with Crippen LogP contribution in [0.25, 0.3) is 0 Å². The van der Waals surface area contributed by atoms with Crippen molar-refractivity contribution in [2.45, 2.75) is 12.7 Å². The highest BCUT2D eigenvalue weighted by Gasteiger charge is 2.10. The van der Waals surface area contributed by atoms with Crippen LogP contribution < -0.4 is 0 Å². The monoisotopic (exact) mass is 216 g/mol. The van der Waals surface area contributed by atoms with E-state index in [0.29, 0.717) is 12.4 Å².